The van der Waals surface area contributed by atoms with Crippen LogP contribution >= 0.6 is 11.8 Å². The topological polar surface area (TPSA) is 500 Å². The zero-order valence-corrected chi connectivity index (χ0v) is 72.6. The summed E-state index contributed by atoms with van der Waals surface area (Å²) in [5, 5.41) is 55.0. The Kier molecular flexibility index (Phi) is 36.7. The first kappa shape index (κ1) is 97.8. The van der Waals surface area contributed by atoms with E-state index in [4.69, 9.17) is 5.73 Å². The SMILES string of the molecule is CCCC[C@H]1C(=O)N(C)CC(=O)N[C@@H](CC(=O)O)C(=O)N[C@@H](C(C)C)C(=O)N(C)[C@@H](Cc2ccccc2)C(=O)N[C@@H](Cc2ccc(O)cc2)C(=O)N(C)CC(=O)N[C@@H](Cc2c[nH]c3ccccc23)C(=O)N[C@@H](Cc2ccc(O)cc2)C(=O)N[C@@H](C)C(=O)N[C@H](C(=O)NCC(N)=O)CSCC(=O)N[C@@H](Cc2ccccc2)C(=O)N(C)[C@@H](Cc2ccccc2)C(=O)N1C. The molecule has 6 aromatic carbocycles. The quantitative estimate of drug-likeness (QED) is 0.0482. The Morgan fingerprint density at radius 2 is 0.921 bits per heavy atom. The number of aromatic hydroxyl groups is 2. The number of unbranched alkanes of at least 4 members (excludes halogenated alkanes) is 1. The van der Waals surface area contributed by atoms with Gasteiger partial charge in [0.15, 0.2) is 0 Å². The monoisotopic (exact) mass is 1750 g/mol. The number of carboxylic acids is 1. The Morgan fingerprint density at radius 1 is 0.468 bits per heavy atom. The number of amides is 15. The Hall–Kier alpha value is -13.7. The maximum Gasteiger partial charge on any atom is 0.305 e. The average Bonchev–Trinajstić information content (AvgIpc) is 1.54. The predicted octanol–water partition coefficient (Wildman–Crippen LogP) is 1.30. The number of para-hydroxylation sites is 1. The molecule has 7 aromatic rings. The summed E-state index contributed by atoms with van der Waals surface area (Å²) < 4.78 is 0. The molecule has 0 bridgehead atoms. The van der Waals surface area contributed by atoms with Gasteiger partial charge in [-0.3, -0.25) is 76.7 Å². The fourth-order valence-electron chi connectivity index (χ4n) is 14.4. The van der Waals surface area contributed by atoms with Gasteiger partial charge in [0, 0.05) is 96.6 Å². The number of aromatic amines is 1. The van der Waals surface area contributed by atoms with Gasteiger partial charge in [0.1, 0.15) is 78.0 Å². The maximum atomic E-state index is 15.5. The molecule has 0 spiro atoms. The van der Waals surface area contributed by atoms with E-state index in [2.05, 4.69) is 52.8 Å². The van der Waals surface area contributed by atoms with Crippen molar-refractivity contribution >= 4 is 117 Å². The maximum absolute atomic E-state index is 15.5. The van der Waals surface area contributed by atoms with E-state index in [0.29, 0.717) is 57.1 Å². The van der Waals surface area contributed by atoms with Crippen molar-refractivity contribution in [3.8, 4) is 11.5 Å². The van der Waals surface area contributed by atoms with Gasteiger partial charge in [0.2, 0.25) is 88.6 Å². The van der Waals surface area contributed by atoms with Crippen LogP contribution in [0.25, 0.3) is 10.9 Å². The van der Waals surface area contributed by atoms with Crippen LogP contribution in [0.1, 0.15) is 86.8 Å². The van der Waals surface area contributed by atoms with Crippen LogP contribution in [0.3, 0.4) is 0 Å². The van der Waals surface area contributed by atoms with Crippen LogP contribution in [0.15, 0.2) is 170 Å². The number of nitrogens with two attached hydrogens (primary N) is 1. The van der Waals surface area contributed by atoms with Crippen molar-refractivity contribution in [2.45, 2.75) is 158 Å². The summed E-state index contributed by atoms with van der Waals surface area (Å²) in [6, 6.07) is 27.1. The van der Waals surface area contributed by atoms with E-state index in [1.54, 1.807) is 135 Å². The van der Waals surface area contributed by atoms with Gasteiger partial charge in [0.05, 0.1) is 31.8 Å². The first-order valence-corrected chi connectivity index (χ1v) is 42.4. The molecule has 126 heavy (non-hydrogen) atoms. The van der Waals surface area contributed by atoms with Crippen molar-refractivity contribution in [1.82, 2.24) is 77.3 Å². The van der Waals surface area contributed by atoms with Crippen LogP contribution in [0.5, 0.6) is 11.5 Å². The number of likely N-dealkylation sites (N-methyl/N-ethyl adjacent to an activating group) is 5. The van der Waals surface area contributed by atoms with Gasteiger partial charge >= 0.3 is 5.97 Å². The van der Waals surface area contributed by atoms with Crippen molar-refractivity contribution in [1.29, 1.82) is 0 Å². The van der Waals surface area contributed by atoms with Crippen molar-refractivity contribution in [2.75, 3.05) is 66.4 Å². The molecule has 1 saturated heterocycles. The second kappa shape index (κ2) is 47.3. The number of nitrogens with zero attached hydrogens (tertiary/aromatic N) is 5. The third kappa shape index (κ3) is 29.0. The van der Waals surface area contributed by atoms with E-state index < -0.39 is 199 Å². The number of aromatic nitrogens is 1. The molecule has 1 aromatic heterocycles. The summed E-state index contributed by atoms with van der Waals surface area (Å²) in [5.41, 5.74) is 9.04. The van der Waals surface area contributed by atoms with Crippen LogP contribution in [-0.4, -0.2) is 272 Å². The van der Waals surface area contributed by atoms with E-state index in [1.165, 1.54) is 95.6 Å². The molecule has 15 amide bonds. The number of primary amides is 1. The number of phenolic OH excluding ortho intramolecular Hbond substituents is 2. The molecule has 35 nitrogen and oxygen atoms in total. The smallest absolute Gasteiger partial charge is 0.305 e. The predicted molar refractivity (Wildman–Crippen MR) is 468 cm³/mol. The van der Waals surface area contributed by atoms with Gasteiger partial charge in [-0.1, -0.05) is 167 Å². The normalized spacial score (nSPS) is 22.1. The minimum Gasteiger partial charge on any atom is -0.508 e. The molecule has 0 unspecified atom stereocenters. The molecule has 2 heterocycles. The number of fused-ring (bicyclic) bond motifs is 1. The van der Waals surface area contributed by atoms with Crippen molar-refractivity contribution in [2.24, 2.45) is 11.7 Å². The third-order valence-electron chi connectivity index (χ3n) is 21.5. The van der Waals surface area contributed by atoms with Crippen LogP contribution in [-0.2, 0) is 115 Å². The molecule has 0 aliphatic carbocycles. The van der Waals surface area contributed by atoms with Crippen LogP contribution in [0.4, 0.5) is 0 Å². The highest BCUT2D eigenvalue weighted by molar-refractivity contribution is 8.00. The number of carboxylic acid groups (broad SMARTS) is 1. The second-order valence-corrected chi connectivity index (χ2v) is 32.6. The first-order chi connectivity index (χ1) is 60.0. The summed E-state index contributed by atoms with van der Waals surface area (Å²) in [4.78, 5) is 241. The number of H-pyrrole nitrogens is 1. The molecule has 11 atom stereocenters. The molecule has 36 heteroatoms. The van der Waals surface area contributed by atoms with E-state index in [9.17, 15) is 63.3 Å². The van der Waals surface area contributed by atoms with Gasteiger partial charge in [-0.05, 0) is 83.0 Å². The number of thioether (sulfide) groups is 1. The Bertz CT molecular complexity index is 4990. The number of rotatable bonds is 21. The summed E-state index contributed by atoms with van der Waals surface area (Å²) in [6.07, 6.45) is 0.178. The van der Waals surface area contributed by atoms with Crippen molar-refractivity contribution in [3.05, 3.63) is 203 Å². The molecular formula is C90H112N16O19S. The van der Waals surface area contributed by atoms with Gasteiger partial charge in [-0.2, -0.15) is 0 Å². The number of aliphatic carboxylic acids is 1. The standard InChI is InChI=1S/C90H112N16O19S/c1-10-11-31-71-88(123)103(6)50-76(111)96-67(46-78(113)114)84(119)101-79(53(2)3)90(125)105(8)72(43-56-25-17-13-18-26-56)85(120)99-68(42-59-34-38-62(108)39-35-59)86(121)102(5)49-75(110)95-66(45-60-47-92-64-30-22-21-29-63(60)64)83(118)98-65(40-58-32-36-61(107)37-33-58)82(117)94-54(4)80(115)100-70(81(116)93-48-74(91)109)51-126-52-77(112)97-69(41-55-23-15-12-16-24-55)87(122)106(9)73(89(124)104(71)7)44-57-27-19-14-20-28-57/h12-30,32-39,47,53-54,65-73,79,92,107-108H,10-11,31,40-46,48-52H2,1-9H3,(H2,91,109)(H,93,116)(H,94,117)(H,95,110)(H,96,111)(H,97,112)(H,98,118)(H,99,120)(H,100,115)(H,101,119)(H,113,114)/t54-,65-,66-,67-,68-,69-,70-,71-,72-,73-,79-/m0/s1. The highest BCUT2D eigenvalue weighted by Gasteiger charge is 2.42. The molecule has 1 aliphatic rings. The molecule has 0 saturated carbocycles. The molecule has 1 aliphatic heterocycles. The van der Waals surface area contributed by atoms with Crippen molar-refractivity contribution < 1.29 is 92.0 Å². The number of hydrogen-bond acceptors (Lipinski definition) is 19. The summed E-state index contributed by atoms with van der Waals surface area (Å²) in [6.45, 7) is 3.94. The average molecular weight is 1750 g/mol. The molecule has 1 fully saturated rings. The number of benzene rings is 6. The number of hydrogen-bond donors (Lipinski definition) is 14. The first-order valence-electron chi connectivity index (χ1n) is 41.3. The molecule has 8 rings (SSSR count). The van der Waals surface area contributed by atoms with Crippen molar-refractivity contribution in [3.63, 3.8) is 0 Å². The Labute approximate surface area is 734 Å². The highest BCUT2D eigenvalue weighted by atomic mass is 32.2. The van der Waals surface area contributed by atoms with Gasteiger partial charge in [0.25, 0.3) is 0 Å². The fraction of sp³-hybridized carbons (Fsp3) is 0.400. The lowest BCUT2D eigenvalue weighted by Gasteiger charge is -2.37. The van der Waals surface area contributed by atoms with E-state index in [1.807, 2.05) is 6.92 Å². The summed E-state index contributed by atoms with van der Waals surface area (Å²) in [7, 11) is 6.51. The van der Waals surface area contributed by atoms with Crippen LogP contribution in [0, 0.1) is 5.92 Å². The minimum absolute atomic E-state index is 0.0304. The molecular weight excluding hydrogens is 1640 g/mol. The minimum atomic E-state index is -1.91. The van der Waals surface area contributed by atoms with Crippen LogP contribution in [0.2, 0.25) is 0 Å². The van der Waals surface area contributed by atoms with Gasteiger partial charge < -0.3 is 98.4 Å². The second-order valence-electron chi connectivity index (χ2n) is 31.6. The largest absolute Gasteiger partial charge is 0.508 e. The lowest BCUT2D eigenvalue weighted by atomic mass is 9.98. The van der Waals surface area contributed by atoms with Crippen LogP contribution < -0.4 is 53.6 Å². The van der Waals surface area contributed by atoms with E-state index in [0.717, 1.165) is 31.4 Å². The van der Waals surface area contributed by atoms with Gasteiger partial charge in [-0.15, -0.1) is 11.8 Å². The highest BCUT2D eigenvalue weighted by Crippen LogP contribution is 2.24. The third-order valence-corrected chi connectivity index (χ3v) is 22.5. The number of phenols is 2. The number of carbonyl (C=O) groups is 16. The Morgan fingerprint density at radius 3 is 1.47 bits per heavy atom. The van der Waals surface area contributed by atoms with E-state index in [-0.39, 0.29) is 62.2 Å². The lowest BCUT2D eigenvalue weighted by molar-refractivity contribution is -0.151. The summed E-state index contributed by atoms with van der Waals surface area (Å²) >= 11 is 0.815. The zero-order valence-electron chi connectivity index (χ0n) is 71.8. The summed E-state index contributed by atoms with van der Waals surface area (Å²) in [5.74, 6) is -17.2. The molecule has 0 radical (unpaired) electrons. The lowest BCUT2D eigenvalue weighted by Crippen LogP contribution is -2.61. The molecule has 15 N–H and O–H groups in total. The fourth-order valence-corrected chi connectivity index (χ4v) is 15.2. The number of nitrogens with one attached hydrogen (secondary N) is 10. The Balaban J connectivity index is 1.19. The van der Waals surface area contributed by atoms with Gasteiger partial charge in [-0.25, -0.2) is 0 Å². The number of carbonyl (C=O) groups excluding carboxylic acids is 15. The molecule has 672 valence electrons. The van der Waals surface area contributed by atoms with E-state index >= 15 is 28.8 Å². The zero-order chi connectivity index (χ0) is 92.0.